The molecule has 0 unspecified atom stereocenters. The van der Waals surface area contributed by atoms with Gasteiger partial charge in [-0.05, 0) is 43.3 Å². The Balaban J connectivity index is 1.66. The number of amides is 1. The molecule has 1 N–H and O–H groups in total. The van der Waals surface area contributed by atoms with Gasteiger partial charge in [-0.2, -0.15) is 0 Å². The molecule has 1 heterocycles. The molecule has 0 saturated heterocycles. The Hall–Kier alpha value is -2.93. The van der Waals surface area contributed by atoms with Gasteiger partial charge in [0.05, 0.1) is 18.4 Å². The highest BCUT2D eigenvalue weighted by Crippen LogP contribution is 2.31. The Labute approximate surface area is 161 Å². The maximum atomic E-state index is 12.4. The van der Waals surface area contributed by atoms with Crippen molar-refractivity contribution < 1.29 is 28.5 Å². The van der Waals surface area contributed by atoms with Crippen molar-refractivity contribution in [3.05, 3.63) is 47.0 Å². The van der Waals surface area contributed by atoms with Gasteiger partial charge in [0.1, 0.15) is 19.0 Å². The fraction of sp³-hybridized carbons (Fsp3) is 0.263. The van der Waals surface area contributed by atoms with Crippen LogP contribution in [0.5, 0.6) is 17.2 Å². The van der Waals surface area contributed by atoms with Crippen LogP contribution in [0.1, 0.15) is 17.3 Å². The lowest BCUT2D eigenvalue weighted by Crippen LogP contribution is -2.30. The molecule has 0 spiro atoms. The van der Waals surface area contributed by atoms with Crippen LogP contribution in [0.2, 0.25) is 5.02 Å². The Morgan fingerprint density at radius 2 is 1.85 bits per heavy atom. The molecular formula is C19H18ClNO6. The number of ether oxygens (including phenoxy) is 4. The van der Waals surface area contributed by atoms with Gasteiger partial charge in [0, 0.05) is 5.02 Å². The molecule has 2 aromatic rings. The van der Waals surface area contributed by atoms with Crippen molar-refractivity contribution in [3.63, 3.8) is 0 Å². The molecule has 7 nitrogen and oxygen atoms in total. The summed E-state index contributed by atoms with van der Waals surface area (Å²) >= 11 is 5.94. The normalized spacial score (nSPS) is 13.4. The quantitative estimate of drug-likeness (QED) is 0.787. The Morgan fingerprint density at radius 1 is 1.11 bits per heavy atom. The zero-order chi connectivity index (χ0) is 19.4. The average Bonchev–Trinajstić information content (AvgIpc) is 2.67. The number of esters is 1. The van der Waals surface area contributed by atoms with Gasteiger partial charge in [0.25, 0.3) is 5.91 Å². The number of hydrogen-bond donors (Lipinski definition) is 1. The van der Waals surface area contributed by atoms with Crippen molar-refractivity contribution in [1.82, 2.24) is 0 Å². The van der Waals surface area contributed by atoms with Crippen molar-refractivity contribution in [2.75, 3.05) is 25.6 Å². The molecule has 0 aliphatic carbocycles. The first-order valence-corrected chi connectivity index (χ1v) is 8.61. The van der Waals surface area contributed by atoms with Crippen LogP contribution in [0, 0.1) is 0 Å². The zero-order valence-corrected chi connectivity index (χ0v) is 15.5. The van der Waals surface area contributed by atoms with E-state index in [1.54, 1.807) is 30.3 Å². The summed E-state index contributed by atoms with van der Waals surface area (Å²) in [5, 5.41) is 3.08. The fourth-order valence-electron chi connectivity index (χ4n) is 2.46. The lowest BCUT2D eigenvalue weighted by atomic mass is 10.2. The van der Waals surface area contributed by atoms with Gasteiger partial charge in [-0.25, -0.2) is 4.79 Å². The second-order valence-electron chi connectivity index (χ2n) is 5.74. The first-order chi connectivity index (χ1) is 13.0. The third-order valence-corrected chi connectivity index (χ3v) is 4.09. The monoisotopic (exact) mass is 391 g/mol. The second kappa shape index (κ2) is 8.18. The highest BCUT2D eigenvalue weighted by atomic mass is 35.5. The van der Waals surface area contributed by atoms with Crippen LogP contribution in [0.4, 0.5) is 5.69 Å². The Morgan fingerprint density at radius 3 is 2.59 bits per heavy atom. The summed E-state index contributed by atoms with van der Waals surface area (Å²) in [5.41, 5.74) is 0.650. The number of benzene rings is 2. The highest BCUT2D eigenvalue weighted by Gasteiger charge is 2.22. The summed E-state index contributed by atoms with van der Waals surface area (Å²) in [7, 11) is 1.48. The maximum Gasteiger partial charge on any atom is 0.339 e. The van der Waals surface area contributed by atoms with Gasteiger partial charge >= 0.3 is 5.97 Å². The van der Waals surface area contributed by atoms with Gasteiger partial charge in [0.15, 0.2) is 17.6 Å². The van der Waals surface area contributed by atoms with Crippen LogP contribution in [0.15, 0.2) is 36.4 Å². The number of anilines is 1. The average molecular weight is 392 g/mol. The Kier molecular flexibility index (Phi) is 5.71. The number of carbonyl (C=O) groups excluding carboxylic acids is 2. The minimum absolute atomic E-state index is 0.263. The molecule has 1 amide bonds. The van der Waals surface area contributed by atoms with Crippen LogP contribution in [0.3, 0.4) is 0 Å². The van der Waals surface area contributed by atoms with Gasteiger partial charge < -0.3 is 24.3 Å². The third-order valence-electron chi connectivity index (χ3n) is 3.85. The van der Waals surface area contributed by atoms with E-state index < -0.39 is 18.0 Å². The number of halogens is 1. The molecule has 2 aromatic carbocycles. The molecule has 1 aliphatic heterocycles. The third kappa shape index (κ3) is 4.43. The molecular weight excluding hydrogens is 374 g/mol. The molecule has 1 atom stereocenters. The largest absolute Gasteiger partial charge is 0.495 e. The van der Waals surface area contributed by atoms with E-state index in [1.807, 2.05) is 0 Å². The standard InChI is InChI=1S/C19H18ClNO6/c1-11(18(22)21-14-10-13(20)4-6-15(14)24-2)27-19(23)12-3-5-16-17(9-12)26-8-7-25-16/h3-6,9-11H,7-8H2,1-2H3,(H,21,22)/t11-/m0/s1. The molecule has 142 valence electrons. The fourth-order valence-corrected chi connectivity index (χ4v) is 2.64. The zero-order valence-electron chi connectivity index (χ0n) is 14.8. The van der Waals surface area contributed by atoms with Crippen molar-refractivity contribution in [1.29, 1.82) is 0 Å². The topological polar surface area (TPSA) is 83.1 Å². The van der Waals surface area contributed by atoms with Crippen molar-refractivity contribution in [3.8, 4) is 17.2 Å². The van der Waals surface area contributed by atoms with E-state index in [-0.39, 0.29) is 5.56 Å². The number of hydrogen-bond acceptors (Lipinski definition) is 6. The minimum atomic E-state index is -1.03. The van der Waals surface area contributed by atoms with E-state index in [1.165, 1.54) is 20.1 Å². The van der Waals surface area contributed by atoms with Crippen molar-refractivity contribution in [2.24, 2.45) is 0 Å². The van der Waals surface area contributed by atoms with E-state index in [0.29, 0.717) is 41.2 Å². The summed E-state index contributed by atoms with van der Waals surface area (Å²) in [6, 6.07) is 9.54. The molecule has 27 heavy (non-hydrogen) atoms. The lowest BCUT2D eigenvalue weighted by molar-refractivity contribution is -0.123. The lowest BCUT2D eigenvalue weighted by Gasteiger charge is -2.19. The van der Waals surface area contributed by atoms with Gasteiger partial charge in [-0.15, -0.1) is 0 Å². The van der Waals surface area contributed by atoms with Crippen LogP contribution in [0.25, 0.3) is 0 Å². The van der Waals surface area contributed by atoms with E-state index in [0.717, 1.165) is 0 Å². The van der Waals surface area contributed by atoms with Crippen LogP contribution in [-0.2, 0) is 9.53 Å². The molecule has 0 fully saturated rings. The number of carbonyl (C=O) groups is 2. The molecule has 0 bridgehead atoms. The van der Waals surface area contributed by atoms with Crippen LogP contribution < -0.4 is 19.5 Å². The number of fused-ring (bicyclic) bond motifs is 1. The summed E-state index contributed by atoms with van der Waals surface area (Å²) < 4.78 is 21.3. The van der Waals surface area contributed by atoms with E-state index in [9.17, 15) is 9.59 Å². The van der Waals surface area contributed by atoms with Crippen molar-refractivity contribution >= 4 is 29.2 Å². The minimum Gasteiger partial charge on any atom is -0.495 e. The number of methoxy groups -OCH3 is 1. The summed E-state index contributed by atoms with van der Waals surface area (Å²) in [4.78, 5) is 24.7. The summed E-state index contributed by atoms with van der Waals surface area (Å²) in [6.07, 6.45) is -1.03. The van der Waals surface area contributed by atoms with E-state index in [4.69, 9.17) is 30.5 Å². The predicted octanol–water partition coefficient (Wildman–Crippen LogP) is 3.30. The van der Waals surface area contributed by atoms with E-state index >= 15 is 0 Å². The predicted molar refractivity (Wildman–Crippen MR) is 98.9 cm³/mol. The molecule has 0 saturated carbocycles. The molecule has 0 radical (unpaired) electrons. The van der Waals surface area contributed by atoms with Crippen molar-refractivity contribution in [2.45, 2.75) is 13.0 Å². The molecule has 8 heteroatoms. The van der Waals surface area contributed by atoms with Gasteiger partial charge in [-0.3, -0.25) is 4.79 Å². The summed E-state index contributed by atoms with van der Waals surface area (Å²) in [6.45, 7) is 2.34. The molecule has 1 aliphatic rings. The molecule has 3 rings (SSSR count). The molecule has 0 aromatic heterocycles. The van der Waals surface area contributed by atoms with Gasteiger partial charge in [-0.1, -0.05) is 11.6 Å². The first kappa shape index (κ1) is 18.8. The van der Waals surface area contributed by atoms with Crippen LogP contribution in [-0.4, -0.2) is 38.3 Å². The number of nitrogens with one attached hydrogen (secondary N) is 1. The van der Waals surface area contributed by atoms with E-state index in [2.05, 4.69) is 5.32 Å². The highest BCUT2D eigenvalue weighted by molar-refractivity contribution is 6.31. The second-order valence-corrected chi connectivity index (χ2v) is 6.18. The summed E-state index contributed by atoms with van der Waals surface area (Å²) in [5.74, 6) is 0.320. The van der Waals surface area contributed by atoms with Gasteiger partial charge in [0.2, 0.25) is 0 Å². The maximum absolute atomic E-state index is 12.4. The Bertz CT molecular complexity index is 869. The first-order valence-electron chi connectivity index (χ1n) is 8.23. The SMILES string of the molecule is COc1ccc(Cl)cc1NC(=O)[C@H](C)OC(=O)c1ccc2c(c1)OCCO2. The smallest absolute Gasteiger partial charge is 0.339 e. The number of rotatable bonds is 5. The van der Waals surface area contributed by atoms with Crippen LogP contribution >= 0.6 is 11.6 Å².